The molecule has 254 valence electrons. The molecule has 0 spiro atoms. The van der Waals surface area contributed by atoms with Gasteiger partial charge < -0.3 is 10.2 Å². The van der Waals surface area contributed by atoms with Gasteiger partial charge in [0.2, 0.25) is 0 Å². The van der Waals surface area contributed by atoms with Gasteiger partial charge in [0.25, 0.3) is 0 Å². The van der Waals surface area contributed by atoms with Crippen molar-refractivity contribution >= 4 is 22.1 Å². The fraction of sp³-hybridized carbons (Fsp3) is 0.415. The van der Waals surface area contributed by atoms with Crippen LogP contribution in [0.5, 0.6) is 11.5 Å². The van der Waals surface area contributed by atoms with Crippen molar-refractivity contribution in [2.24, 2.45) is 10.8 Å². The Morgan fingerprint density at radius 1 is 0.531 bits per heavy atom. The number of benzene rings is 4. The molecule has 0 bridgehead atoms. The molecule has 2 aromatic heterocycles. The summed E-state index contributed by atoms with van der Waals surface area (Å²) < 4.78 is 0. The van der Waals surface area contributed by atoms with Crippen LogP contribution in [0.3, 0.4) is 0 Å². The van der Waals surface area contributed by atoms with Gasteiger partial charge in [-0.2, -0.15) is 0 Å². The minimum atomic E-state index is -0.331. The van der Waals surface area contributed by atoms with Crippen LogP contribution < -0.4 is 0 Å². The molecule has 6 aromatic rings. The van der Waals surface area contributed by atoms with E-state index in [2.05, 4.69) is 81.4 Å². The van der Waals surface area contributed by atoms with Crippen LogP contribution in [0.25, 0.3) is 33.4 Å². The van der Waals surface area contributed by atoms with Gasteiger partial charge in [-0.15, -0.1) is 30.0 Å². The molecule has 0 atom stereocenters. The monoisotopic (exact) mass is 656 g/mol. The van der Waals surface area contributed by atoms with Crippen LogP contribution in [0, 0.1) is 23.0 Å². The lowest BCUT2D eigenvalue weighted by molar-refractivity contribution is 0.282. The maximum Gasteiger partial charge on any atom is 0.151 e. The molecule has 4 aromatic carbocycles. The molecular weight excluding hydrogens is 608 g/mol. The molecule has 6 rings (SSSR count). The first kappa shape index (κ1) is 34.2. The van der Waals surface area contributed by atoms with Crippen LogP contribution in [0.2, 0.25) is 0 Å². The molecule has 8 nitrogen and oxygen atoms in total. The second-order valence-electron chi connectivity index (χ2n) is 17.1. The maximum absolute atomic E-state index is 11.6. The van der Waals surface area contributed by atoms with Gasteiger partial charge in [-0.3, -0.25) is 0 Å². The average Bonchev–Trinajstić information content (AvgIpc) is 3.58. The molecule has 0 amide bonds. The number of phenolic OH excluding ortho intramolecular Hbond substituents is 2. The van der Waals surface area contributed by atoms with Crippen molar-refractivity contribution in [3.63, 3.8) is 0 Å². The van der Waals surface area contributed by atoms with Gasteiger partial charge in [0, 0.05) is 18.6 Å². The highest BCUT2D eigenvalue weighted by atomic mass is 16.3. The van der Waals surface area contributed by atoms with E-state index in [1.54, 1.807) is 0 Å². The minimum Gasteiger partial charge on any atom is -0.505 e. The van der Waals surface area contributed by atoms with E-state index in [-0.39, 0.29) is 33.2 Å². The summed E-state index contributed by atoms with van der Waals surface area (Å²) >= 11 is 0. The molecule has 0 saturated heterocycles. The van der Waals surface area contributed by atoms with E-state index < -0.39 is 0 Å². The number of hydrogen-bond acceptors (Lipinski definition) is 6. The molecule has 0 aliphatic rings. The van der Waals surface area contributed by atoms with E-state index in [1.165, 1.54) is 9.59 Å². The number of aromatic nitrogens is 6. The molecular formula is C41H48N6O2. The molecule has 0 aliphatic carbocycles. The van der Waals surface area contributed by atoms with Gasteiger partial charge in [0.1, 0.15) is 33.4 Å². The van der Waals surface area contributed by atoms with Gasteiger partial charge in [-0.25, -0.2) is 0 Å². The molecule has 0 saturated carbocycles. The van der Waals surface area contributed by atoms with E-state index in [1.807, 2.05) is 60.7 Å². The van der Waals surface area contributed by atoms with Crippen LogP contribution >= 0.6 is 0 Å². The van der Waals surface area contributed by atoms with Crippen LogP contribution in [0.4, 0.5) is 0 Å². The van der Waals surface area contributed by atoms with Crippen molar-refractivity contribution in [1.82, 2.24) is 30.0 Å². The van der Waals surface area contributed by atoms with E-state index in [4.69, 9.17) is 20.4 Å². The third-order valence-electron chi connectivity index (χ3n) is 9.11. The normalized spacial score (nSPS) is 13.1. The summed E-state index contributed by atoms with van der Waals surface area (Å²) in [5.41, 5.74) is 6.93. The summed E-state index contributed by atoms with van der Waals surface area (Å²) in [6.07, 6.45) is 2.07. The van der Waals surface area contributed by atoms with Crippen molar-refractivity contribution in [3.05, 3.63) is 95.1 Å². The van der Waals surface area contributed by atoms with Crippen molar-refractivity contribution in [3.8, 4) is 22.9 Å². The predicted octanol–water partition coefficient (Wildman–Crippen LogP) is 9.18. The van der Waals surface area contributed by atoms with E-state index in [0.717, 1.165) is 57.2 Å². The first-order valence-electron chi connectivity index (χ1n) is 17.0. The molecule has 2 N–H and O–H groups in total. The summed E-state index contributed by atoms with van der Waals surface area (Å²) in [6, 6.07) is 25.5. The standard InChI is InChI=1S/C41H48N6O2/c1-38(2,3)24-40(7,8)28-19-21-34(48)36(46-42-30-15-11-12-16-31(30)43-46)26(28)23-27-29(41(9,10)25-39(4,5)6)20-22-35(49)37(27)47-44-32-17-13-14-18-33(32)45-47/h11-20,48-49H,23-25H2,1-10H3. The van der Waals surface area contributed by atoms with Gasteiger partial charge in [0.05, 0.1) is 0 Å². The fourth-order valence-electron chi connectivity index (χ4n) is 8.07. The van der Waals surface area contributed by atoms with Crippen LogP contribution in [-0.2, 0) is 17.3 Å². The molecule has 0 fully saturated rings. The molecule has 49 heavy (non-hydrogen) atoms. The zero-order valence-electron chi connectivity index (χ0n) is 30.5. The van der Waals surface area contributed by atoms with Gasteiger partial charge in [-0.1, -0.05) is 93.5 Å². The van der Waals surface area contributed by atoms with Crippen LogP contribution in [-0.4, -0.2) is 40.2 Å². The first-order valence-corrected chi connectivity index (χ1v) is 17.0. The molecule has 0 aliphatic heterocycles. The molecule has 8 heteroatoms. The van der Waals surface area contributed by atoms with Gasteiger partial charge in [-0.05, 0) is 93.2 Å². The highest BCUT2D eigenvalue weighted by Gasteiger charge is 2.36. The topological polar surface area (TPSA) is 102 Å². The quantitative estimate of drug-likeness (QED) is 0.169. The Bertz CT molecular complexity index is 1940. The third-order valence-corrected chi connectivity index (χ3v) is 9.11. The molecule has 0 unspecified atom stereocenters. The van der Waals surface area contributed by atoms with Crippen molar-refractivity contribution in [2.45, 2.75) is 99.3 Å². The number of phenols is 2. The van der Waals surface area contributed by atoms with E-state index in [0.29, 0.717) is 17.8 Å². The molecule has 2 heterocycles. The number of hydrogen-bond donors (Lipinski definition) is 2. The van der Waals surface area contributed by atoms with E-state index >= 15 is 0 Å². The van der Waals surface area contributed by atoms with Crippen molar-refractivity contribution in [2.75, 3.05) is 0 Å². The average molecular weight is 657 g/mol. The SMILES string of the molecule is CC(C)(C)CC(C)(C)c1c[c]c(O)c(-n2nc3ccccc3n2)c1Cc1c(C(C)(C)CC(C)(C)C)c[c]c(O)c1-n1nc2ccccc2n1. The Labute approximate surface area is 289 Å². The second kappa shape index (κ2) is 12.0. The Hall–Kier alpha value is -4.72. The summed E-state index contributed by atoms with van der Waals surface area (Å²) in [5, 5.41) is 42.6. The lowest BCUT2D eigenvalue weighted by Crippen LogP contribution is -2.29. The first-order chi connectivity index (χ1) is 22.8. The third kappa shape index (κ3) is 6.91. The molecule has 2 radical (unpaired) electrons. The fourth-order valence-corrected chi connectivity index (χ4v) is 8.07. The smallest absolute Gasteiger partial charge is 0.151 e. The maximum atomic E-state index is 11.6. The summed E-state index contributed by atoms with van der Waals surface area (Å²) in [6.45, 7) is 22.4. The summed E-state index contributed by atoms with van der Waals surface area (Å²) in [4.78, 5) is 3.08. The largest absolute Gasteiger partial charge is 0.505 e. The summed E-state index contributed by atoms with van der Waals surface area (Å²) in [5.74, 6) is -0.0883. The zero-order chi connectivity index (χ0) is 35.5. The zero-order valence-corrected chi connectivity index (χ0v) is 30.5. The number of rotatable bonds is 8. The van der Waals surface area contributed by atoms with Gasteiger partial charge >= 0.3 is 0 Å². The highest BCUT2D eigenvalue weighted by Crippen LogP contribution is 2.46. The number of nitrogens with zero attached hydrogens (tertiary/aromatic N) is 6. The van der Waals surface area contributed by atoms with Crippen molar-refractivity contribution < 1.29 is 10.2 Å². The van der Waals surface area contributed by atoms with E-state index in [9.17, 15) is 10.2 Å². The van der Waals surface area contributed by atoms with Gasteiger partial charge in [0.15, 0.2) is 11.5 Å². The van der Waals surface area contributed by atoms with Crippen LogP contribution in [0.1, 0.15) is 104 Å². The van der Waals surface area contributed by atoms with Crippen LogP contribution in [0.15, 0.2) is 60.7 Å². The predicted molar refractivity (Wildman–Crippen MR) is 196 cm³/mol. The Kier molecular flexibility index (Phi) is 8.37. The Balaban J connectivity index is 1.69. The lowest BCUT2D eigenvalue weighted by atomic mass is 9.68. The highest BCUT2D eigenvalue weighted by molar-refractivity contribution is 5.75. The number of aromatic hydroxyl groups is 2. The Morgan fingerprint density at radius 2 is 0.837 bits per heavy atom. The van der Waals surface area contributed by atoms with Crippen molar-refractivity contribution in [1.29, 1.82) is 0 Å². The Morgan fingerprint density at radius 3 is 1.12 bits per heavy atom. The number of fused-ring (bicyclic) bond motifs is 2. The summed E-state index contributed by atoms with van der Waals surface area (Å²) in [7, 11) is 0. The second-order valence-corrected chi connectivity index (χ2v) is 17.1. The minimum absolute atomic E-state index is 0.0154. The lowest BCUT2D eigenvalue weighted by Gasteiger charge is -2.37.